The summed E-state index contributed by atoms with van der Waals surface area (Å²) in [6.07, 6.45) is 3.70. The normalized spacial score (nSPS) is 13.6. The van der Waals surface area contributed by atoms with Crippen LogP contribution in [0.3, 0.4) is 0 Å². The lowest BCUT2D eigenvalue weighted by Crippen LogP contribution is -2.15. The van der Waals surface area contributed by atoms with Crippen molar-refractivity contribution in [2.45, 2.75) is 19.3 Å². The Bertz CT molecular complexity index is 3970. The van der Waals surface area contributed by atoms with Crippen LogP contribution < -0.4 is 0 Å². The van der Waals surface area contributed by atoms with Crippen molar-refractivity contribution in [1.82, 2.24) is 24.1 Å². The highest BCUT2D eigenvalue weighted by atomic mass is 16.3. The fourth-order valence-corrected chi connectivity index (χ4v) is 10.7. The van der Waals surface area contributed by atoms with Crippen molar-refractivity contribution in [3.63, 3.8) is 0 Å². The topological polar surface area (TPSA) is 61.7 Å². The number of furan rings is 1. The zero-order valence-corrected chi connectivity index (χ0v) is 32.7. The average molecular weight is 768 g/mol. The molecule has 0 fully saturated rings. The van der Waals surface area contributed by atoms with Crippen LogP contribution in [0.4, 0.5) is 0 Å². The van der Waals surface area contributed by atoms with Crippen LogP contribution >= 0.6 is 0 Å². The number of benzene rings is 8. The van der Waals surface area contributed by atoms with Crippen molar-refractivity contribution in [3.05, 3.63) is 175 Å². The maximum Gasteiger partial charge on any atom is 0.238 e. The maximum absolute atomic E-state index is 6.81. The molecule has 1 aliphatic rings. The van der Waals surface area contributed by atoms with E-state index < -0.39 is 0 Å². The van der Waals surface area contributed by atoms with Crippen LogP contribution in [0.1, 0.15) is 25.0 Å². The minimum Gasteiger partial charge on any atom is -0.437 e. The third-order valence-corrected chi connectivity index (χ3v) is 13.3. The molecule has 1 aliphatic carbocycles. The Morgan fingerprint density at radius 2 is 1.32 bits per heavy atom. The van der Waals surface area contributed by atoms with Crippen LogP contribution in [0, 0.1) is 0 Å². The standard InChI is InChI=1S/C54H33N5O/c1-54(2)39-20-10-8-18-35(39)46-37-23-22-32-26-42-48(36-19-9-11-21-41(36)58(42)34-16-4-3-5-17-34)51-45(32)47(37)43(28-40(46)54)59(51)53-56-50(33-15-12-24-55-29-33)49-38-25-30-13-6-7-14-31(30)27-44(38)60-52(49)57-53/h3-29H,1-2H3. The van der Waals surface area contributed by atoms with Crippen molar-refractivity contribution >= 4 is 87.2 Å². The number of hydrogen-bond acceptors (Lipinski definition) is 4. The van der Waals surface area contributed by atoms with E-state index in [0.717, 1.165) is 71.5 Å². The lowest BCUT2D eigenvalue weighted by molar-refractivity contribution is 0.651. The van der Waals surface area contributed by atoms with Gasteiger partial charge in [-0.2, -0.15) is 4.98 Å². The number of para-hydroxylation sites is 2. The average Bonchev–Trinajstić information content (AvgIpc) is 4.00. The van der Waals surface area contributed by atoms with Crippen molar-refractivity contribution in [2.75, 3.05) is 0 Å². The molecule has 5 heterocycles. The maximum atomic E-state index is 6.81. The van der Waals surface area contributed by atoms with Gasteiger partial charge < -0.3 is 8.98 Å². The van der Waals surface area contributed by atoms with Crippen LogP contribution in [0.25, 0.3) is 121 Å². The van der Waals surface area contributed by atoms with E-state index in [9.17, 15) is 0 Å². The Hall–Kier alpha value is -7.83. The number of rotatable bonds is 3. The quantitative estimate of drug-likeness (QED) is 0.168. The molecule has 60 heavy (non-hydrogen) atoms. The minimum absolute atomic E-state index is 0.225. The van der Waals surface area contributed by atoms with Crippen LogP contribution in [-0.4, -0.2) is 24.1 Å². The van der Waals surface area contributed by atoms with E-state index in [-0.39, 0.29) is 5.41 Å². The minimum atomic E-state index is -0.225. The summed E-state index contributed by atoms with van der Waals surface area (Å²) in [7, 11) is 0. The lowest BCUT2D eigenvalue weighted by Gasteiger charge is -2.22. The molecule has 280 valence electrons. The second-order valence-electron chi connectivity index (χ2n) is 16.8. The van der Waals surface area contributed by atoms with Gasteiger partial charge in [0.2, 0.25) is 11.7 Å². The first-order valence-electron chi connectivity index (χ1n) is 20.5. The van der Waals surface area contributed by atoms with Crippen LogP contribution in [0.2, 0.25) is 0 Å². The molecule has 13 aromatic rings. The fraction of sp³-hybridized carbons (Fsp3) is 0.0556. The summed E-state index contributed by atoms with van der Waals surface area (Å²) < 4.78 is 11.6. The van der Waals surface area contributed by atoms with Gasteiger partial charge in [-0.15, -0.1) is 0 Å². The molecular weight excluding hydrogens is 735 g/mol. The predicted octanol–water partition coefficient (Wildman–Crippen LogP) is 13.7. The van der Waals surface area contributed by atoms with Crippen molar-refractivity contribution in [1.29, 1.82) is 0 Å². The zero-order valence-electron chi connectivity index (χ0n) is 32.7. The summed E-state index contributed by atoms with van der Waals surface area (Å²) in [5.74, 6) is 0.557. The highest BCUT2D eigenvalue weighted by Gasteiger charge is 2.38. The molecule has 0 amide bonds. The molecule has 0 saturated heterocycles. The zero-order chi connectivity index (χ0) is 39.4. The number of hydrogen-bond donors (Lipinski definition) is 0. The van der Waals surface area contributed by atoms with E-state index in [1.807, 2.05) is 18.5 Å². The van der Waals surface area contributed by atoms with Gasteiger partial charge in [0.15, 0.2) is 0 Å². The van der Waals surface area contributed by atoms with Crippen molar-refractivity contribution in [3.8, 4) is 34.0 Å². The molecular formula is C54H33N5O. The molecule has 6 nitrogen and oxygen atoms in total. The summed E-state index contributed by atoms with van der Waals surface area (Å²) in [5, 5.41) is 11.3. The van der Waals surface area contributed by atoms with Gasteiger partial charge in [0.1, 0.15) is 5.58 Å². The Balaban J connectivity index is 1.22. The highest BCUT2D eigenvalue weighted by Crippen LogP contribution is 2.55. The fourth-order valence-electron chi connectivity index (χ4n) is 10.7. The van der Waals surface area contributed by atoms with E-state index in [1.54, 1.807) is 0 Å². The first-order chi connectivity index (χ1) is 29.5. The van der Waals surface area contributed by atoms with E-state index in [1.165, 1.54) is 49.2 Å². The van der Waals surface area contributed by atoms with Crippen molar-refractivity contribution < 1.29 is 4.42 Å². The van der Waals surface area contributed by atoms with Gasteiger partial charge in [-0.1, -0.05) is 111 Å². The second-order valence-corrected chi connectivity index (χ2v) is 16.8. The summed E-state index contributed by atoms with van der Waals surface area (Å²) in [6.45, 7) is 4.71. The number of aromatic nitrogens is 5. The number of fused-ring (bicyclic) bond motifs is 12. The van der Waals surface area contributed by atoms with E-state index in [2.05, 4.69) is 174 Å². The predicted molar refractivity (Wildman–Crippen MR) is 245 cm³/mol. The van der Waals surface area contributed by atoms with Crippen molar-refractivity contribution in [2.24, 2.45) is 0 Å². The number of pyridine rings is 1. The summed E-state index contributed by atoms with van der Waals surface area (Å²) in [5.41, 5.74) is 13.6. The summed E-state index contributed by atoms with van der Waals surface area (Å²) in [6, 6.07) is 54.7. The summed E-state index contributed by atoms with van der Waals surface area (Å²) >= 11 is 0. The Morgan fingerprint density at radius 1 is 0.533 bits per heavy atom. The van der Waals surface area contributed by atoms with E-state index in [4.69, 9.17) is 14.4 Å². The third-order valence-electron chi connectivity index (χ3n) is 13.3. The Morgan fingerprint density at radius 3 is 2.18 bits per heavy atom. The molecule has 0 atom stereocenters. The Labute approximate surface area is 342 Å². The monoisotopic (exact) mass is 767 g/mol. The van der Waals surface area contributed by atoms with Gasteiger partial charge in [-0.05, 0) is 98.4 Å². The molecule has 0 aliphatic heterocycles. The van der Waals surface area contributed by atoms with E-state index in [0.29, 0.717) is 11.7 Å². The first kappa shape index (κ1) is 32.2. The molecule has 0 saturated carbocycles. The molecule has 0 unspecified atom stereocenters. The van der Waals surface area contributed by atoms with Crippen LogP contribution in [-0.2, 0) is 5.41 Å². The molecule has 0 bridgehead atoms. The SMILES string of the molecule is CC1(C)c2ccccc2-c2c1cc1c3c2ccc2cc4c(c5ccccc5n4-c4ccccc4)c(c23)n1-c1nc(-c2cccnc2)c2c(n1)oc1cc3ccccc3cc12. The molecule has 6 heteroatoms. The molecule has 14 rings (SSSR count). The van der Waals surface area contributed by atoms with E-state index >= 15 is 0 Å². The van der Waals surface area contributed by atoms with Gasteiger partial charge in [-0.3, -0.25) is 9.55 Å². The molecule has 0 radical (unpaired) electrons. The van der Waals surface area contributed by atoms with Gasteiger partial charge >= 0.3 is 0 Å². The van der Waals surface area contributed by atoms with Crippen LogP contribution in [0.15, 0.2) is 168 Å². The lowest BCUT2D eigenvalue weighted by atomic mass is 9.82. The molecule has 0 spiro atoms. The van der Waals surface area contributed by atoms with Gasteiger partial charge in [0, 0.05) is 56.0 Å². The summed E-state index contributed by atoms with van der Waals surface area (Å²) in [4.78, 5) is 15.7. The largest absolute Gasteiger partial charge is 0.437 e. The van der Waals surface area contributed by atoms with Crippen LogP contribution in [0.5, 0.6) is 0 Å². The molecule has 0 N–H and O–H groups in total. The van der Waals surface area contributed by atoms with Gasteiger partial charge in [-0.25, -0.2) is 4.98 Å². The molecule has 8 aromatic carbocycles. The second kappa shape index (κ2) is 11.2. The first-order valence-corrected chi connectivity index (χ1v) is 20.5. The van der Waals surface area contributed by atoms with Gasteiger partial charge in [0.25, 0.3) is 0 Å². The highest BCUT2D eigenvalue weighted by molar-refractivity contribution is 6.35. The molecule has 5 aromatic heterocycles. The third kappa shape index (κ3) is 4.00. The number of nitrogens with zero attached hydrogens (tertiary/aromatic N) is 5. The smallest absolute Gasteiger partial charge is 0.238 e. The van der Waals surface area contributed by atoms with Gasteiger partial charge in [0.05, 0.1) is 33.1 Å². The Kier molecular flexibility index (Phi) is 6.01.